The third-order valence-corrected chi connectivity index (χ3v) is 11.9. The summed E-state index contributed by atoms with van der Waals surface area (Å²) in [5.41, 5.74) is 12.0. The molecule has 0 aliphatic rings. The predicted molar refractivity (Wildman–Crippen MR) is 239 cm³/mol. The van der Waals surface area contributed by atoms with Gasteiger partial charge in [0.05, 0.1) is 22.1 Å². The maximum Gasteiger partial charge on any atom is 0.0547 e. The zero-order chi connectivity index (χ0) is 36.7. The Hall–Kier alpha value is -7.42. The molecule has 0 fully saturated rings. The zero-order valence-corrected chi connectivity index (χ0v) is 30.5. The molecule has 0 unspecified atom stereocenters. The summed E-state index contributed by atoms with van der Waals surface area (Å²) in [6.07, 6.45) is 0. The van der Waals surface area contributed by atoms with Crippen LogP contribution in [0.5, 0.6) is 0 Å². The second-order valence-corrected chi connectivity index (χ2v) is 14.9. The van der Waals surface area contributed by atoms with E-state index in [1.807, 2.05) is 0 Å². The number of rotatable bonds is 4. The van der Waals surface area contributed by atoms with Crippen LogP contribution in [0.25, 0.3) is 110 Å². The molecule has 56 heavy (non-hydrogen) atoms. The first-order valence-corrected chi connectivity index (χ1v) is 19.3. The highest BCUT2D eigenvalue weighted by molar-refractivity contribution is 6.21. The molecule has 0 bridgehead atoms. The van der Waals surface area contributed by atoms with E-state index in [0.29, 0.717) is 0 Å². The monoisotopic (exact) mass is 710 g/mol. The van der Waals surface area contributed by atoms with Crippen molar-refractivity contribution in [1.82, 2.24) is 9.13 Å². The normalized spacial score (nSPS) is 11.9. The van der Waals surface area contributed by atoms with Crippen LogP contribution < -0.4 is 0 Å². The fraction of sp³-hybridized carbons (Fsp3) is 0. The minimum Gasteiger partial charge on any atom is -0.309 e. The Labute approximate surface area is 323 Å². The van der Waals surface area contributed by atoms with Crippen LogP contribution in [0.1, 0.15) is 0 Å². The molecule has 2 heterocycles. The first-order valence-electron chi connectivity index (χ1n) is 19.3. The lowest BCUT2D eigenvalue weighted by atomic mass is 9.91. The number of hydrogen-bond donors (Lipinski definition) is 0. The van der Waals surface area contributed by atoms with Crippen molar-refractivity contribution >= 4 is 75.9 Å². The second kappa shape index (κ2) is 12.0. The van der Waals surface area contributed by atoms with E-state index in [9.17, 15) is 0 Å². The van der Waals surface area contributed by atoms with Crippen molar-refractivity contribution < 1.29 is 0 Å². The van der Waals surface area contributed by atoms with Crippen LogP contribution >= 0.6 is 0 Å². The van der Waals surface area contributed by atoms with Gasteiger partial charge in [-0.1, -0.05) is 146 Å². The van der Waals surface area contributed by atoms with Crippen molar-refractivity contribution in [2.24, 2.45) is 0 Å². The molecule has 0 radical (unpaired) electrons. The van der Waals surface area contributed by atoms with Gasteiger partial charge in [-0.15, -0.1) is 0 Å². The summed E-state index contributed by atoms with van der Waals surface area (Å²) in [6, 6.07) is 75.8. The maximum absolute atomic E-state index is 2.45. The van der Waals surface area contributed by atoms with Crippen molar-refractivity contribution in [2.45, 2.75) is 0 Å². The van der Waals surface area contributed by atoms with Gasteiger partial charge in [0.2, 0.25) is 0 Å². The molecule has 0 spiro atoms. The van der Waals surface area contributed by atoms with Crippen molar-refractivity contribution in [3.05, 3.63) is 206 Å². The van der Waals surface area contributed by atoms with Gasteiger partial charge in [0.1, 0.15) is 0 Å². The van der Waals surface area contributed by atoms with E-state index in [-0.39, 0.29) is 0 Å². The quantitative estimate of drug-likeness (QED) is 0.161. The van der Waals surface area contributed by atoms with Gasteiger partial charge in [0, 0.05) is 32.9 Å². The van der Waals surface area contributed by atoms with Crippen molar-refractivity contribution in [2.75, 3.05) is 0 Å². The number of para-hydroxylation sites is 3. The highest BCUT2D eigenvalue weighted by Gasteiger charge is 2.17. The third kappa shape index (κ3) is 4.57. The van der Waals surface area contributed by atoms with Crippen LogP contribution in [0.15, 0.2) is 206 Å². The van der Waals surface area contributed by atoms with E-state index in [2.05, 4.69) is 215 Å². The summed E-state index contributed by atoms with van der Waals surface area (Å²) in [4.78, 5) is 0. The minimum absolute atomic E-state index is 1.15. The molecule has 0 aliphatic heterocycles. The van der Waals surface area contributed by atoms with E-state index in [0.717, 1.165) is 5.69 Å². The van der Waals surface area contributed by atoms with Crippen molar-refractivity contribution in [3.8, 4) is 33.6 Å². The smallest absolute Gasteiger partial charge is 0.0547 e. The van der Waals surface area contributed by atoms with Gasteiger partial charge in [-0.2, -0.15) is 0 Å². The minimum atomic E-state index is 1.15. The summed E-state index contributed by atoms with van der Waals surface area (Å²) in [6.45, 7) is 0. The lowest BCUT2D eigenvalue weighted by Crippen LogP contribution is -1.95. The molecule has 0 saturated carbocycles. The summed E-state index contributed by atoms with van der Waals surface area (Å²) in [5, 5.41) is 12.7. The predicted octanol–water partition coefficient (Wildman–Crippen LogP) is 14.7. The van der Waals surface area contributed by atoms with Gasteiger partial charge < -0.3 is 9.13 Å². The Morgan fingerprint density at radius 1 is 0.232 bits per heavy atom. The van der Waals surface area contributed by atoms with E-state index in [4.69, 9.17) is 0 Å². The van der Waals surface area contributed by atoms with Gasteiger partial charge in [-0.3, -0.25) is 0 Å². The highest BCUT2D eigenvalue weighted by atomic mass is 15.0. The summed E-state index contributed by atoms with van der Waals surface area (Å²) in [5.74, 6) is 0. The Balaban J connectivity index is 1.06. The van der Waals surface area contributed by atoms with Crippen LogP contribution in [0.3, 0.4) is 0 Å². The number of nitrogens with zero attached hydrogens (tertiary/aromatic N) is 2. The second-order valence-electron chi connectivity index (χ2n) is 14.9. The van der Waals surface area contributed by atoms with E-state index >= 15 is 0 Å². The molecule has 0 saturated heterocycles. The SMILES string of the molecule is c1ccc(-n2c3ccccc3c3cc(-c4ccc5c6ccccc6n(-c6cccc(-c7cc8c9ccccc9ccc8c8ccccc78)c6)c5c4)ccc32)cc1. The molecule has 2 nitrogen and oxygen atoms in total. The van der Waals surface area contributed by atoms with Crippen LogP contribution in [0.2, 0.25) is 0 Å². The van der Waals surface area contributed by atoms with Crippen molar-refractivity contribution in [1.29, 1.82) is 0 Å². The van der Waals surface area contributed by atoms with Crippen molar-refractivity contribution in [3.63, 3.8) is 0 Å². The fourth-order valence-corrected chi connectivity index (χ4v) is 9.35. The molecule has 12 aromatic rings. The van der Waals surface area contributed by atoms with E-state index in [1.54, 1.807) is 0 Å². The number of benzene rings is 10. The molecule has 0 N–H and O–H groups in total. The molecule has 2 aromatic heterocycles. The van der Waals surface area contributed by atoms with Crippen LogP contribution in [-0.4, -0.2) is 9.13 Å². The van der Waals surface area contributed by atoms with E-state index < -0.39 is 0 Å². The Kier molecular flexibility index (Phi) is 6.66. The summed E-state index contributed by atoms with van der Waals surface area (Å²) < 4.78 is 4.83. The van der Waals surface area contributed by atoms with Crippen LogP contribution in [0.4, 0.5) is 0 Å². The molecule has 2 heteroatoms. The standard InChI is InChI=1S/C54H34N2/c1-2-15-39(16-3-1)55-52-24-11-9-22-46(52)50-32-36(27-30-53(50)55)37-26-29-47-45-21-8-10-23-51(45)56(54(47)33-37)40-17-12-14-38(31-40)48-34-49-41-18-5-4-13-35(41)25-28-44(49)42-19-6-7-20-43(42)48/h1-34H. The fourth-order valence-electron chi connectivity index (χ4n) is 9.35. The summed E-state index contributed by atoms with van der Waals surface area (Å²) in [7, 11) is 0. The topological polar surface area (TPSA) is 9.86 Å². The first kappa shape index (κ1) is 31.0. The first-order chi connectivity index (χ1) is 27.8. The molecular weight excluding hydrogens is 677 g/mol. The number of aromatic nitrogens is 2. The van der Waals surface area contributed by atoms with Crippen LogP contribution in [0, 0.1) is 0 Å². The average Bonchev–Trinajstić information content (AvgIpc) is 3.78. The number of fused-ring (bicyclic) bond motifs is 11. The van der Waals surface area contributed by atoms with Gasteiger partial charge in [0.25, 0.3) is 0 Å². The molecule has 0 amide bonds. The maximum atomic E-state index is 2.45. The molecule has 10 aromatic carbocycles. The number of hydrogen-bond acceptors (Lipinski definition) is 0. The van der Waals surface area contributed by atoms with Gasteiger partial charge in [-0.25, -0.2) is 0 Å². The Morgan fingerprint density at radius 2 is 0.786 bits per heavy atom. The Morgan fingerprint density at radius 3 is 1.61 bits per heavy atom. The molecule has 0 aliphatic carbocycles. The largest absolute Gasteiger partial charge is 0.309 e. The van der Waals surface area contributed by atoms with Gasteiger partial charge >= 0.3 is 0 Å². The Bertz CT molecular complexity index is 3530. The molecule has 12 rings (SSSR count). The van der Waals surface area contributed by atoms with E-state index in [1.165, 1.54) is 104 Å². The summed E-state index contributed by atoms with van der Waals surface area (Å²) >= 11 is 0. The molecule has 260 valence electrons. The van der Waals surface area contributed by atoms with Gasteiger partial charge in [0.15, 0.2) is 0 Å². The lowest BCUT2D eigenvalue weighted by Gasteiger charge is -2.15. The van der Waals surface area contributed by atoms with Crippen LogP contribution in [-0.2, 0) is 0 Å². The zero-order valence-electron chi connectivity index (χ0n) is 30.5. The molecule has 0 atom stereocenters. The third-order valence-electron chi connectivity index (χ3n) is 11.9. The molecular formula is C54H34N2. The highest BCUT2D eigenvalue weighted by Crippen LogP contribution is 2.41. The lowest BCUT2D eigenvalue weighted by molar-refractivity contribution is 1.18. The average molecular weight is 711 g/mol. The van der Waals surface area contributed by atoms with Gasteiger partial charge in [-0.05, 0) is 115 Å².